The van der Waals surface area contributed by atoms with Gasteiger partial charge in [-0.1, -0.05) is 26.7 Å². The molecule has 0 aliphatic rings. The number of unbranched alkanes of at least 4 members (excludes halogenated alkanes) is 1. The molecule has 0 N–H and O–H groups in total. The largest absolute Gasteiger partial charge is 0.463 e. The molecule has 0 aromatic rings. The van der Waals surface area contributed by atoms with Crippen LogP contribution in [-0.2, 0) is 33.2 Å². The molecule has 0 aromatic heterocycles. The molecular formula is C21H42O7. The van der Waals surface area contributed by atoms with Gasteiger partial charge in [0.1, 0.15) is 6.61 Å². The Morgan fingerprint density at radius 2 is 1.18 bits per heavy atom. The van der Waals surface area contributed by atoms with Gasteiger partial charge in [-0.25, -0.2) is 0 Å². The molecule has 0 spiro atoms. The lowest BCUT2D eigenvalue weighted by molar-refractivity contribution is -0.150. The van der Waals surface area contributed by atoms with E-state index in [0.717, 1.165) is 25.7 Å². The highest BCUT2D eigenvalue weighted by atomic mass is 16.6. The van der Waals surface area contributed by atoms with Crippen LogP contribution in [0.4, 0.5) is 0 Å². The van der Waals surface area contributed by atoms with Gasteiger partial charge in [-0.3, -0.25) is 4.79 Å². The first-order chi connectivity index (χ1) is 13.6. The van der Waals surface area contributed by atoms with Crippen LogP contribution >= 0.6 is 0 Å². The van der Waals surface area contributed by atoms with Crippen LogP contribution in [0.15, 0.2) is 0 Å². The molecule has 28 heavy (non-hydrogen) atoms. The van der Waals surface area contributed by atoms with Gasteiger partial charge in [0.2, 0.25) is 0 Å². The molecule has 7 heteroatoms. The number of rotatable bonds is 21. The second-order valence-corrected chi connectivity index (χ2v) is 6.78. The molecule has 0 bridgehead atoms. The first kappa shape index (κ1) is 27.3. The first-order valence-corrected chi connectivity index (χ1v) is 10.7. The van der Waals surface area contributed by atoms with Crippen molar-refractivity contribution < 1.29 is 33.2 Å². The Bertz CT molecular complexity index is 337. The van der Waals surface area contributed by atoms with Crippen LogP contribution in [0.5, 0.6) is 0 Å². The molecule has 0 fully saturated rings. The van der Waals surface area contributed by atoms with Gasteiger partial charge in [-0.05, 0) is 26.7 Å². The van der Waals surface area contributed by atoms with Crippen molar-refractivity contribution in [3.63, 3.8) is 0 Å². The minimum absolute atomic E-state index is 0.0158. The molecule has 0 saturated heterocycles. The lowest BCUT2D eigenvalue weighted by Gasteiger charge is -2.13. The van der Waals surface area contributed by atoms with Gasteiger partial charge >= 0.3 is 5.97 Å². The van der Waals surface area contributed by atoms with Crippen LogP contribution in [0, 0.1) is 5.92 Å². The van der Waals surface area contributed by atoms with E-state index in [0.29, 0.717) is 66.1 Å². The summed E-state index contributed by atoms with van der Waals surface area (Å²) < 4.78 is 32.2. The maximum Gasteiger partial charge on any atom is 0.308 e. The minimum atomic E-state index is -0.107. The van der Waals surface area contributed by atoms with Crippen molar-refractivity contribution in [3.05, 3.63) is 0 Å². The van der Waals surface area contributed by atoms with E-state index < -0.39 is 0 Å². The summed E-state index contributed by atoms with van der Waals surface area (Å²) in [6.07, 6.45) is 4.13. The predicted octanol–water partition coefficient (Wildman–Crippen LogP) is 3.24. The zero-order valence-electron chi connectivity index (χ0n) is 18.4. The topological polar surface area (TPSA) is 72.5 Å². The number of hydrogen-bond acceptors (Lipinski definition) is 7. The molecular weight excluding hydrogens is 364 g/mol. The van der Waals surface area contributed by atoms with E-state index in [1.807, 2.05) is 20.8 Å². The fourth-order valence-corrected chi connectivity index (χ4v) is 2.36. The quantitative estimate of drug-likeness (QED) is 0.214. The highest BCUT2D eigenvalue weighted by Gasteiger charge is 2.16. The van der Waals surface area contributed by atoms with Crippen molar-refractivity contribution in [3.8, 4) is 0 Å². The average Bonchev–Trinajstić information content (AvgIpc) is 2.68. The van der Waals surface area contributed by atoms with Crippen molar-refractivity contribution in [2.75, 3.05) is 66.1 Å². The molecule has 0 amide bonds. The summed E-state index contributed by atoms with van der Waals surface area (Å²) in [4.78, 5) is 11.9. The van der Waals surface area contributed by atoms with E-state index in [1.54, 1.807) is 0 Å². The van der Waals surface area contributed by atoms with Crippen molar-refractivity contribution in [1.82, 2.24) is 0 Å². The van der Waals surface area contributed by atoms with Crippen LogP contribution in [0.1, 0.15) is 53.4 Å². The molecule has 7 nitrogen and oxygen atoms in total. The number of hydrogen-bond donors (Lipinski definition) is 0. The summed E-state index contributed by atoms with van der Waals surface area (Å²) in [5.41, 5.74) is 0. The van der Waals surface area contributed by atoms with Crippen LogP contribution in [0.2, 0.25) is 0 Å². The molecule has 0 rings (SSSR count). The van der Waals surface area contributed by atoms with Crippen molar-refractivity contribution in [2.45, 2.75) is 59.5 Å². The van der Waals surface area contributed by atoms with E-state index in [4.69, 9.17) is 28.4 Å². The standard InChI is InChI=1S/C21H42O7/c1-5-7-8-20(6-2)21(22)28-18-16-26-14-12-24-10-9-23-11-13-25-15-17-27-19(3)4/h19-20H,5-18H2,1-4H3. The molecule has 0 saturated carbocycles. The minimum Gasteiger partial charge on any atom is -0.463 e. The van der Waals surface area contributed by atoms with E-state index in [1.165, 1.54) is 0 Å². The number of carbonyl (C=O) groups excluding carboxylic acids is 1. The van der Waals surface area contributed by atoms with Gasteiger partial charge < -0.3 is 28.4 Å². The number of ether oxygens (including phenoxy) is 6. The Labute approximate surface area is 171 Å². The smallest absolute Gasteiger partial charge is 0.308 e. The lowest BCUT2D eigenvalue weighted by atomic mass is 10.00. The molecule has 0 radical (unpaired) electrons. The van der Waals surface area contributed by atoms with Crippen molar-refractivity contribution in [1.29, 1.82) is 0 Å². The fourth-order valence-electron chi connectivity index (χ4n) is 2.36. The highest BCUT2D eigenvalue weighted by Crippen LogP contribution is 2.14. The summed E-state index contributed by atoms with van der Waals surface area (Å²) >= 11 is 0. The van der Waals surface area contributed by atoms with Gasteiger partial charge in [0.15, 0.2) is 0 Å². The molecule has 0 aliphatic heterocycles. The Morgan fingerprint density at radius 3 is 1.61 bits per heavy atom. The second-order valence-electron chi connectivity index (χ2n) is 6.78. The number of esters is 1. The monoisotopic (exact) mass is 406 g/mol. The van der Waals surface area contributed by atoms with Crippen LogP contribution in [0.25, 0.3) is 0 Å². The van der Waals surface area contributed by atoms with E-state index in [-0.39, 0.29) is 18.0 Å². The zero-order valence-corrected chi connectivity index (χ0v) is 18.4. The third kappa shape index (κ3) is 18.6. The van der Waals surface area contributed by atoms with E-state index >= 15 is 0 Å². The maximum atomic E-state index is 11.9. The summed E-state index contributed by atoms with van der Waals surface area (Å²) in [5, 5.41) is 0. The fraction of sp³-hybridized carbons (Fsp3) is 0.952. The SMILES string of the molecule is CCCCC(CC)C(=O)OCCOCCOCCOCCOCCOC(C)C. The Hall–Kier alpha value is -0.730. The Balaban J connectivity index is 3.26. The first-order valence-electron chi connectivity index (χ1n) is 10.7. The summed E-state index contributed by atoms with van der Waals surface area (Å²) in [7, 11) is 0. The Kier molecular flexibility index (Phi) is 20.4. The molecule has 0 aliphatic carbocycles. The third-order valence-electron chi connectivity index (χ3n) is 4.00. The Morgan fingerprint density at radius 1 is 0.714 bits per heavy atom. The van der Waals surface area contributed by atoms with Crippen LogP contribution in [0.3, 0.4) is 0 Å². The van der Waals surface area contributed by atoms with Gasteiger partial charge in [0, 0.05) is 0 Å². The average molecular weight is 407 g/mol. The van der Waals surface area contributed by atoms with Crippen LogP contribution < -0.4 is 0 Å². The van der Waals surface area contributed by atoms with Gasteiger partial charge in [0.05, 0.1) is 71.5 Å². The zero-order chi connectivity index (χ0) is 20.9. The molecule has 0 aromatic carbocycles. The van der Waals surface area contributed by atoms with E-state index in [9.17, 15) is 4.79 Å². The van der Waals surface area contributed by atoms with Crippen molar-refractivity contribution in [2.24, 2.45) is 5.92 Å². The maximum absolute atomic E-state index is 11.9. The summed E-state index contributed by atoms with van der Waals surface area (Å²) in [6.45, 7) is 13.2. The second kappa shape index (κ2) is 21.0. The molecule has 1 atom stereocenters. The highest BCUT2D eigenvalue weighted by molar-refractivity contribution is 5.72. The van der Waals surface area contributed by atoms with Crippen LogP contribution in [-0.4, -0.2) is 78.1 Å². The number of carbonyl (C=O) groups is 1. The van der Waals surface area contributed by atoms with Crippen molar-refractivity contribution >= 4 is 5.97 Å². The molecule has 0 heterocycles. The third-order valence-corrected chi connectivity index (χ3v) is 4.00. The van der Waals surface area contributed by atoms with E-state index in [2.05, 4.69) is 6.92 Å². The molecule has 1 unspecified atom stereocenters. The van der Waals surface area contributed by atoms with Gasteiger partial charge in [-0.2, -0.15) is 0 Å². The van der Waals surface area contributed by atoms with Gasteiger partial charge in [0.25, 0.3) is 0 Å². The predicted molar refractivity (Wildman–Crippen MR) is 109 cm³/mol. The molecule has 168 valence electrons. The lowest BCUT2D eigenvalue weighted by Crippen LogP contribution is -2.20. The van der Waals surface area contributed by atoms with Gasteiger partial charge in [-0.15, -0.1) is 0 Å². The normalized spacial score (nSPS) is 12.5. The summed E-state index contributed by atoms with van der Waals surface area (Å²) in [5.74, 6) is -0.0913. The summed E-state index contributed by atoms with van der Waals surface area (Å²) in [6, 6.07) is 0.